The van der Waals surface area contributed by atoms with Crippen molar-refractivity contribution in [3.8, 4) is 16.9 Å². The predicted octanol–water partition coefficient (Wildman–Crippen LogP) is 4.54. The molecule has 0 atom stereocenters. The molecule has 0 fully saturated rings. The Morgan fingerprint density at radius 1 is 1.09 bits per heavy atom. The molecule has 32 heavy (non-hydrogen) atoms. The Hall–Kier alpha value is -3.65. The van der Waals surface area contributed by atoms with E-state index in [-0.39, 0.29) is 11.4 Å². The van der Waals surface area contributed by atoms with Crippen molar-refractivity contribution < 1.29 is 9.18 Å². The standard InChI is InChI=1S/C24H19FN4O2S/c1-14-22(17-10-9-15-5-4-6-16(15)13-17)26-24(32-14)27-23(31)19-11-12-21(30)29(28-19)20-8-3-2-7-18(20)25/h2-3,7-13H,4-6H2,1H3,(H,26,27,31). The number of amides is 1. The van der Waals surface area contributed by atoms with Gasteiger partial charge in [0.1, 0.15) is 17.2 Å². The summed E-state index contributed by atoms with van der Waals surface area (Å²) in [5, 5.41) is 7.24. The molecule has 0 radical (unpaired) electrons. The summed E-state index contributed by atoms with van der Waals surface area (Å²) in [7, 11) is 0. The van der Waals surface area contributed by atoms with E-state index in [1.165, 1.54) is 59.2 Å². The first-order valence-electron chi connectivity index (χ1n) is 10.3. The molecule has 0 saturated carbocycles. The fourth-order valence-electron chi connectivity index (χ4n) is 3.93. The lowest BCUT2D eigenvalue weighted by molar-refractivity contribution is 0.102. The Balaban J connectivity index is 1.42. The van der Waals surface area contributed by atoms with Crippen LogP contribution in [0.2, 0.25) is 0 Å². The Bertz CT molecular complexity index is 1410. The number of aromatic nitrogens is 3. The lowest BCUT2D eigenvalue weighted by Crippen LogP contribution is -2.25. The van der Waals surface area contributed by atoms with Crippen molar-refractivity contribution in [1.29, 1.82) is 0 Å². The summed E-state index contributed by atoms with van der Waals surface area (Å²) < 4.78 is 15.0. The number of nitrogens with zero attached hydrogens (tertiary/aromatic N) is 3. The van der Waals surface area contributed by atoms with Gasteiger partial charge in [0.05, 0.1) is 5.69 Å². The van der Waals surface area contributed by atoms with Crippen LogP contribution in [0.3, 0.4) is 0 Å². The van der Waals surface area contributed by atoms with E-state index in [9.17, 15) is 14.0 Å². The molecule has 5 rings (SSSR count). The van der Waals surface area contributed by atoms with Gasteiger partial charge in [0.2, 0.25) is 0 Å². The first-order valence-corrected chi connectivity index (χ1v) is 11.1. The highest BCUT2D eigenvalue weighted by atomic mass is 32.1. The predicted molar refractivity (Wildman–Crippen MR) is 122 cm³/mol. The lowest BCUT2D eigenvalue weighted by atomic mass is 10.0. The highest BCUT2D eigenvalue weighted by molar-refractivity contribution is 7.16. The van der Waals surface area contributed by atoms with Gasteiger partial charge in [0, 0.05) is 16.5 Å². The van der Waals surface area contributed by atoms with Crippen LogP contribution >= 0.6 is 11.3 Å². The van der Waals surface area contributed by atoms with Crippen molar-refractivity contribution in [3.63, 3.8) is 0 Å². The van der Waals surface area contributed by atoms with Gasteiger partial charge in [-0.25, -0.2) is 9.37 Å². The number of rotatable bonds is 4. The number of fused-ring (bicyclic) bond motifs is 1. The van der Waals surface area contributed by atoms with E-state index in [1.807, 2.05) is 6.92 Å². The molecule has 4 aromatic rings. The molecule has 6 nitrogen and oxygen atoms in total. The molecule has 2 aromatic heterocycles. The number of nitrogens with one attached hydrogen (secondary N) is 1. The zero-order valence-electron chi connectivity index (χ0n) is 17.3. The van der Waals surface area contributed by atoms with Crippen LogP contribution in [0.4, 0.5) is 9.52 Å². The van der Waals surface area contributed by atoms with Crippen LogP contribution in [-0.2, 0) is 12.8 Å². The second-order valence-electron chi connectivity index (χ2n) is 7.64. The van der Waals surface area contributed by atoms with E-state index in [1.54, 1.807) is 6.07 Å². The summed E-state index contributed by atoms with van der Waals surface area (Å²) in [6, 6.07) is 14.7. The van der Waals surface area contributed by atoms with Gasteiger partial charge >= 0.3 is 0 Å². The Morgan fingerprint density at radius 3 is 2.75 bits per heavy atom. The summed E-state index contributed by atoms with van der Waals surface area (Å²) >= 11 is 1.37. The third-order valence-corrected chi connectivity index (χ3v) is 6.39. The Kier molecular flexibility index (Phi) is 5.14. The molecular formula is C24H19FN4O2S. The van der Waals surface area contributed by atoms with Crippen LogP contribution in [-0.4, -0.2) is 20.7 Å². The summed E-state index contributed by atoms with van der Waals surface area (Å²) in [4.78, 5) is 30.6. The van der Waals surface area contributed by atoms with Crippen molar-refractivity contribution in [2.45, 2.75) is 26.2 Å². The molecule has 2 heterocycles. The zero-order valence-corrected chi connectivity index (χ0v) is 18.1. The molecule has 160 valence electrons. The number of carbonyl (C=O) groups excluding carboxylic acids is 1. The quantitative estimate of drug-likeness (QED) is 0.499. The molecule has 0 unspecified atom stereocenters. The highest BCUT2D eigenvalue weighted by Crippen LogP contribution is 2.33. The molecule has 1 amide bonds. The largest absolute Gasteiger partial charge is 0.296 e. The summed E-state index contributed by atoms with van der Waals surface area (Å²) in [6.07, 6.45) is 3.38. The number of aryl methyl sites for hydroxylation is 3. The minimum atomic E-state index is -0.603. The van der Waals surface area contributed by atoms with E-state index < -0.39 is 17.3 Å². The Morgan fingerprint density at radius 2 is 1.91 bits per heavy atom. The summed E-state index contributed by atoms with van der Waals surface area (Å²) in [5.41, 5.74) is 4.06. The molecule has 1 aliphatic rings. The van der Waals surface area contributed by atoms with Gasteiger partial charge in [-0.3, -0.25) is 14.9 Å². The van der Waals surface area contributed by atoms with Crippen LogP contribution in [0, 0.1) is 12.7 Å². The van der Waals surface area contributed by atoms with Gasteiger partial charge in [-0.15, -0.1) is 11.3 Å². The highest BCUT2D eigenvalue weighted by Gasteiger charge is 2.18. The fourth-order valence-corrected chi connectivity index (χ4v) is 4.76. The van der Waals surface area contributed by atoms with Gasteiger partial charge in [-0.2, -0.15) is 9.78 Å². The Labute approximate surface area is 187 Å². The van der Waals surface area contributed by atoms with Crippen molar-refractivity contribution in [2.24, 2.45) is 0 Å². The summed E-state index contributed by atoms with van der Waals surface area (Å²) in [6.45, 7) is 1.96. The number of para-hydroxylation sites is 1. The second kappa shape index (κ2) is 8.12. The molecule has 1 aliphatic carbocycles. The summed E-state index contributed by atoms with van der Waals surface area (Å²) in [5.74, 6) is -1.13. The van der Waals surface area contributed by atoms with Crippen LogP contribution in [0.25, 0.3) is 16.9 Å². The molecule has 0 bridgehead atoms. The van der Waals surface area contributed by atoms with Crippen molar-refractivity contribution in [1.82, 2.24) is 14.8 Å². The molecule has 2 aromatic carbocycles. The van der Waals surface area contributed by atoms with E-state index in [0.717, 1.165) is 33.7 Å². The van der Waals surface area contributed by atoms with Crippen LogP contribution in [0.1, 0.15) is 32.9 Å². The minimum Gasteiger partial charge on any atom is -0.296 e. The number of thiazole rings is 1. The van der Waals surface area contributed by atoms with Gasteiger partial charge in [-0.1, -0.05) is 24.3 Å². The molecular weight excluding hydrogens is 427 g/mol. The molecule has 1 N–H and O–H groups in total. The number of hydrogen-bond donors (Lipinski definition) is 1. The SMILES string of the molecule is Cc1sc(NC(=O)c2ccc(=O)n(-c3ccccc3F)n2)nc1-c1ccc2c(c1)CCC2. The van der Waals surface area contributed by atoms with E-state index >= 15 is 0 Å². The van der Waals surface area contributed by atoms with Crippen LogP contribution < -0.4 is 10.9 Å². The number of carbonyl (C=O) groups is 1. The maximum atomic E-state index is 14.1. The molecule has 0 saturated heterocycles. The number of hydrogen-bond acceptors (Lipinski definition) is 5. The molecule has 0 spiro atoms. The van der Waals surface area contributed by atoms with E-state index in [4.69, 9.17) is 0 Å². The van der Waals surface area contributed by atoms with Crippen molar-refractivity contribution >= 4 is 22.4 Å². The monoisotopic (exact) mass is 446 g/mol. The number of benzene rings is 2. The van der Waals surface area contributed by atoms with Gasteiger partial charge in [0.25, 0.3) is 11.5 Å². The minimum absolute atomic E-state index is 0.0141. The lowest BCUT2D eigenvalue weighted by Gasteiger charge is -2.07. The topological polar surface area (TPSA) is 76.9 Å². The van der Waals surface area contributed by atoms with E-state index in [2.05, 4.69) is 33.6 Å². The van der Waals surface area contributed by atoms with Crippen molar-refractivity contribution in [2.75, 3.05) is 5.32 Å². The first kappa shape index (κ1) is 20.3. The molecule has 8 heteroatoms. The maximum Gasteiger partial charge on any atom is 0.277 e. The fraction of sp³-hybridized carbons (Fsp3) is 0.167. The van der Waals surface area contributed by atoms with E-state index in [0.29, 0.717) is 5.13 Å². The van der Waals surface area contributed by atoms with Gasteiger partial charge < -0.3 is 0 Å². The average Bonchev–Trinajstić information content (AvgIpc) is 3.40. The third-order valence-electron chi connectivity index (χ3n) is 5.50. The first-order chi connectivity index (χ1) is 15.5. The van der Waals surface area contributed by atoms with Crippen LogP contribution in [0.15, 0.2) is 59.4 Å². The van der Waals surface area contributed by atoms with Gasteiger partial charge in [-0.05, 0) is 61.6 Å². The third kappa shape index (κ3) is 3.73. The normalized spacial score (nSPS) is 12.6. The molecule has 0 aliphatic heterocycles. The second-order valence-corrected chi connectivity index (χ2v) is 8.84. The maximum absolute atomic E-state index is 14.1. The number of halogens is 1. The zero-order chi connectivity index (χ0) is 22.2. The smallest absolute Gasteiger partial charge is 0.277 e. The average molecular weight is 447 g/mol. The van der Waals surface area contributed by atoms with Gasteiger partial charge in [0.15, 0.2) is 5.13 Å². The van der Waals surface area contributed by atoms with Crippen molar-refractivity contribution in [3.05, 3.63) is 92.5 Å². The van der Waals surface area contributed by atoms with Crippen LogP contribution in [0.5, 0.6) is 0 Å². The number of anilines is 1.